The molecule has 0 spiro atoms. The number of methoxy groups -OCH3 is 1. The summed E-state index contributed by atoms with van der Waals surface area (Å²) in [6, 6.07) is 3.44. The zero-order chi connectivity index (χ0) is 22.9. The molecule has 0 saturated carbocycles. The van der Waals surface area contributed by atoms with Crippen LogP contribution < -0.4 is 0 Å². The molecule has 0 bridgehead atoms. The van der Waals surface area contributed by atoms with Crippen molar-refractivity contribution in [3.63, 3.8) is 0 Å². The second-order valence-electron chi connectivity index (χ2n) is 7.70. The highest BCUT2D eigenvalue weighted by atomic mass is 35.5. The molecule has 3 rings (SSSR count). The van der Waals surface area contributed by atoms with E-state index in [2.05, 4.69) is 37.5 Å². The van der Waals surface area contributed by atoms with Crippen LogP contribution in [0.4, 0.5) is 0 Å². The SMILES string of the molecule is CCCCCN(CCCOC)C(=O)C(CCc1nn[nH]n1)c1nc2cc(Cl)c(Cl)cc2[nH]1. The number of nitrogens with zero attached hydrogens (tertiary/aromatic N) is 5. The molecule has 2 N–H and O–H groups in total. The first-order valence-electron chi connectivity index (χ1n) is 10.9. The minimum atomic E-state index is -0.484. The van der Waals surface area contributed by atoms with Gasteiger partial charge in [0.1, 0.15) is 5.82 Å². The van der Waals surface area contributed by atoms with Crippen molar-refractivity contribution in [1.82, 2.24) is 35.5 Å². The largest absolute Gasteiger partial charge is 0.385 e. The zero-order valence-corrected chi connectivity index (χ0v) is 19.9. The van der Waals surface area contributed by atoms with Crippen LogP contribution >= 0.6 is 23.2 Å². The maximum atomic E-state index is 13.7. The second-order valence-corrected chi connectivity index (χ2v) is 8.52. The van der Waals surface area contributed by atoms with Crippen molar-refractivity contribution >= 4 is 40.1 Å². The molecule has 0 aliphatic rings. The number of H-pyrrole nitrogens is 2. The van der Waals surface area contributed by atoms with Crippen LogP contribution in [-0.4, -0.2) is 68.2 Å². The number of aromatic amines is 2. The number of rotatable bonds is 13. The Hall–Kier alpha value is -2.23. The number of hydrogen-bond donors (Lipinski definition) is 2. The van der Waals surface area contributed by atoms with Crippen LogP contribution in [0.5, 0.6) is 0 Å². The molecule has 2 aromatic heterocycles. The number of fused-ring (bicyclic) bond motifs is 1. The van der Waals surface area contributed by atoms with E-state index in [1.807, 2.05) is 4.90 Å². The monoisotopic (exact) mass is 481 g/mol. The summed E-state index contributed by atoms with van der Waals surface area (Å²) in [7, 11) is 1.67. The van der Waals surface area contributed by atoms with Crippen molar-refractivity contribution in [2.75, 3.05) is 26.8 Å². The van der Waals surface area contributed by atoms with Gasteiger partial charge in [-0.3, -0.25) is 4.79 Å². The van der Waals surface area contributed by atoms with Gasteiger partial charge in [0.05, 0.1) is 27.0 Å². The summed E-state index contributed by atoms with van der Waals surface area (Å²) in [5, 5.41) is 15.0. The number of aromatic nitrogens is 6. The van der Waals surface area contributed by atoms with Crippen LogP contribution in [0.15, 0.2) is 12.1 Å². The van der Waals surface area contributed by atoms with Crippen molar-refractivity contribution in [2.24, 2.45) is 0 Å². The van der Waals surface area contributed by atoms with E-state index < -0.39 is 5.92 Å². The van der Waals surface area contributed by atoms with Crippen molar-refractivity contribution in [3.05, 3.63) is 33.8 Å². The number of tetrazole rings is 1. The predicted molar refractivity (Wildman–Crippen MR) is 124 cm³/mol. The molecule has 0 saturated heterocycles. The lowest BCUT2D eigenvalue weighted by molar-refractivity contribution is -0.133. The first-order valence-corrected chi connectivity index (χ1v) is 11.6. The van der Waals surface area contributed by atoms with Gasteiger partial charge in [-0.15, -0.1) is 10.2 Å². The summed E-state index contributed by atoms with van der Waals surface area (Å²) < 4.78 is 5.19. The number of halogens is 2. The van der Waals surface area contributed by atoms with E-state index in [-0.39, 0.29) is 5.91 Å². The maximum Gasteiger partial charge on any atom is 0.233 e. The second kappa shape index (κ2) is 12.1. The topological polar surface area (TPSA) is 113 Å². The average Bonchev–Trinajstić information content (AvgIpc) is 3.43. The van der Waals surface area contributed by atoms with Gasteiger partial charge in [-0.1, -0.05) is 48.2 Å². The van der Waals surface area contributed by atoms with Crippen LogP contribution in [0.25, 0.3) is 11.0 Å². The molecule has 0 fully saturated rings. The van der Waals surface area contributed by atoms with Crippen molar-refractivity contribution in [3.8, 4) is 0 Å². The zero-order valence-electron chi connectivity index (χ0n) is 18.4. The van der Waals surface area contributed by atoms with E-state index in [0.717, 1.165) is 31.2 Å². The molecular weight excluding hydrogens is 453 g/mol. The molecule has 11 heteroatoms. The first-order chi connectivity index (χ1) is 15.5. The number of hydrogen-bond acceptors (Lipinski definition) is 6. The third kappa shape index (κ3) is 6.40. The van der Waals surface area contributed by atoms with Gasteiger partial charge in [0, 0.05) is 33.2 Å². The van der Waals surface area contributed by atoms with Gasteiger partial charge < -0.3 is 14.6 Å². The van der Waals surface area contributed by atoms with E-state index >= 15 is 0 Å². The van der Waals surface area contributed by atoms with Gasteiger partial charge in [-0.25, -0.2) is 4.98 Å². The number of carbonyl (C=O) groups excluding carboxylic acids is 1. The lowest BCUT2D eigenvalue weighted by Gasteiger charge is -2.26. The Morgan fingerprint density at radius 3 is 2.69 bits per heavy atom. The summed E-state index contributed by atoms with van der Waals surface area (Å²) in [6.45, 7) is 4.09. The number of benzene rings is 1. The van der Waals surface area contributed by atoms with Crippen LogP contribution in [-0.2, 0) is 16.0 Å². The van der Waals surface area contributed by atoms with E-state index in [4.69, 9.17) is 27.9 Å². The highest BCUT2D eigenvalue weighted by Crippen LogP contribution is 2.30. The third-order valence-electron chi connectivity index (χ3n) is 5.34. The van der Waals surface area contributed by atoms with Crippen LogP contribution in [0, 0.1) is 0 Å². The predicted octanol–water partition coefficient (Wildman–Crippen LogP) is 4.15. The van der Waals surface area contributed by atoms with E-state index in [1.54, 1.807) is 19.2 Å². The van der Waals surface area contributed by atoms with Crippen LogP contribution in [0.1, 0.15) is 56.6 Å². The number of carbonyl (C=O) groups is 1. The Morgan fingerprint density at radius 1 is 1.19 bits per heavy atom. The molecular formula is C21H29Cl2N7O2. The molecule has 0 aliphatic carbocycles. The van der Waals surface area contributed by atoms with E-state index in [9.17, 15) is 4.79 Å². The lowest BCUT2D eigenvalue weighted by atomic mass is 9.99. The van der Waals surface area contributed by atoms with Gasteiger partial charge in [0.15, 0.2) is 5.82 Å². The first kappa shape index (κ1) is 24.4. The molecule has 0 aliphatic heterocycles. The number of amides is 1. The van der Waals surface area contributed by atoms with Crippen molar-refractivity contribution < 1.29 is 9.53 Å². The fourth-order valence-electron chi connectivity index (χ4n) is 3.63. The minimum Gasteiger partial charge on any atom is -0.385 e. The van der Waals surface area contributed by atoms with E-state index in [1.165, 1.54) is 0 Å². The quantitative estimate of drug-likeness (QED) is 0.354. The molecule has 174 valence electrons. The number of nitrogens with one attached hydrogen (secondary N) is 2. The van der Waals surface area contributed by atoms with Gasteiger partial charge in [0.2, 0.25) is 5.91 Å². The Labute approximate surface area is 197 Å². The van der Waals surface area contributed by atoms with Gasteiger partial charge >= 0.3 is 0 Å². The Bertz CT molecular complexity index is 945. The molecule has 2 heterocycles. The number of unbranched alkanes of at least 4 members (excludes halogenated alkanes) is 2. The smallest absolute Gasteiger partial charge is 0.233 e. The van der Waals surface area contributed by atoms with E-state index in [0.29, 0.717) is 59.7 Å². The summed E-state index contributed by atoms with van der Waals surface area (Å²) >= 11 is 12.3. The summed E-state index contributed by atoms with van der Waals surface area (Å²) in [5.41, 5.74) is 1.41. The Kier molecular flexibility index (Phi) is 9.25. The number of imidazole rings is 1. The lowest BCUT2D eigenvalue weighted by Crippen LogP contribution is -2.37. The van der Waals surface area contributed by atoms with Crippen molar-refractivity contribution in [2.45, 2.75) is 51.4 Å². The summed E-state index contributed by atoms with van der Waals surface area (Å²) in [5.74, 6) is 0.681. The molecule has 1 aromatic carbocycles. The van der Waals surface area contributed by atoms with Gasteiger partial charge in [-0.05, 0) is 31.4 Å². The molecule has 0 radical (unpaired) electrons. The third-order valence-corrected chi connectivity index (χ3v) is 6.06. The molecule has 9 nitrogen and oxygen atoms in total. The number of aryl methyl sites for hydroxylation is 1. The van der Waals surface area contributed by atoms with Crippen molar-refractivity contribution in [1.29, 1.82) is 0 Å². The molecule has 1 amide bonds. The minimum absolute atomic E-state index is 0.0250. The molecule has 3 aromatic rings. The summed E-state index contributed by atoms with van der Waals surface area (Å²) in [6.07, 6.45) is 4.88. The fraction of sp³-hybridized carbons (Fsp3) is 0.571. The standard InChI is InChI=1S/C21H29Cl2N7O2/c1-3-4-5-9-30(10-6-11-32-2)21(31)14(7-8-19-26-28-29-27-19)20-24-17-12-15(22)16(23)13-18(17)25-20/h12-14H,3-11H2,1-2H3,(H,24,25)(H,26,27,28,29). The van der Waals surface area contributed by atoms with Crippen LogP contribution in [0.2, 0.25) is 10.0 Å². The normalized spacial score (nSPS) is 12.4. The van der Waals surface area contributed by atoms with Crippen LogP contribution in [0.3, 0.4) is 0 Å². The number of ether oxygens (including phenoxy) is 1. The average molecular weight is 482 g/mol. The maximum absolute atomic E-state index is 13.7. The highest BCUT2D eigenvalue weighted by molar-refractivity contribution is 6.42. The molecule has 1 unspecified atom stereocenters. The Balaban J connectivity index is 1.87. The highest BCUT2D eigenvalue weighted by Gasteiger charge is 2.29. The molecule has 32 heavy (non-hydrogen) atoms. The fourth-order valence-corrected chi connectivity index (χ4v) is 3.96. The van der Waals surface area contributed by atoms with Gasteiger partial charge in [-0.2, -0.15) is 5.21 Å². The molecule has 1 atom stereocenters. The Morgan fingerprint density at radius 2 is 1.97 bits per heavy atom. The summed E-state index contributed by atoms with van der Waals surface area (Å²) in [4.78, 5) is 23.6. The van der Waals surface area contributed by atoms with Gasteiger partial charge in [0.25, 0.3) is 0 Å².